The zero-order valence-corrected chi connectivity index (χ0v) is 16.2. The number of nitrogens with one attached hydrogen (secondary N) is 1. The highest BCUT2D eigenvalue weighted by molar-refractivity contribution is 7.98. The van der Waals surface area contributed by atoms with E-state index in [2.05, 4.69) is 20.0 Å². The Balaban J connectivity index is 1.88. The highest BCUT2D eigenvalue weighted by Crippen LogP contribution is 2.27. The number of anilines is 2. The van der Waals surface area contributed by atoms with Crippen LogP contribution in [0.3, 0.4) is 0 Å². The number of fused-ring (bicyclic) bond motifs is 1. The lowest BCUT2D eigenvalue weighted by molar-refractivity contribution is 0.0989. The van der Waals surface area contributed by atoms with Gasteiger partial charge in [0.2, 0.25) is 0 Å². The molecule has 0 unspecified atom stereocenters. The van der Waals surface area contributed by atoms with E-state index in [1.807, 2.05) is 42.5 Å². The van der Waals surface area contributed by atoms with Crippen LogP contribution < -0.4 is 15.1 Å². The van der Waals surface area contributed by atoms with Gasteiger partial charge in [0.05, 0.1) is 7.11 Å². The van der Waals surface area contributed by atoms with E-state index in [1.165, 1.54) is 18.9 Å². The Morgan fingerprint density at radius 2 is 2.19 bits per heavy atom. The van der Waals surface area contributed by atoms with E-state index in [0.717, 1.165) is 11.3 Å². The van der Waals surface area contributed by atoms with Crippen molar-refractivity contribution in [3.05, 3.63) is 41.6 Å². The lowest BCUT2D eigenvalue weighted by atomic mass is 10.1. The van der Waals surface area contributed by atoms with E-state index in [4.69, 9.17) is 0 Å². The lowest BCUT2D eigenvalue weighted by Gasteiger charge is -2.21. The SMILES string of the molecule is COC(=O)NCc1cccc(N2CCN(C)c3nc(SC)ncc3C2=O)c1. The number of nitrogens with zero attached hydrogens (tertiary/aromatic N) is 4. The van der Waals surface area contributed by atoms with Gasteiger partial charge in [-0.25, -0.2) is 14.8 Å². The van der Waals surface area contributed by atoms with Crippen molar-refractivity contribution in [1.29, 1.82) is 0 Å². The van der Waals surface area contributed by atoms with Crippen molar-refractivity contribution < 1.29 is 14.3 Å². The van der Waals surface area contributed by atoms with Gasteiger partial charge in [0.1, 0.15) is 11.4 Å². The van der Waals surface area contributed by atoms with Crippen molar-refractivity contribution in [3.8, 4) is 0 Å². The third-order valence-corrected chi connectivity index (χ3v) is 4.83. The number of ether oxygens (including phenoxy) is 1. The first-order valence-corrected chi connectivity index (χ1v) is 9.60. The van der Waals surface area contributed by atoms with Crippen LogP contribution >= 0.6 is 11.8 Å². The van der Waals surface area contributed by atoms with Gasteiger partial charge in [-0.1, -0.05) is 23.9 Å². The minimum atomic E-state index is -0.497. The molecule has 2 amide bonds. The first-order valence-electron chi connectivity index (χ1n) is 8.38. The lowest BCUT2D eigenvalue weighted by Crippen LogP contribution is -2.34. The first-order chi connectivity index (χ1) is 13.0. The molecule has 1 aliphatic rings. The largest absolute Gasteiger partial charge is 0.453 e. The second kappa shape index (κ2) is 8.26. The number of aromatic nitrogens is 2. The molecule has 1 aliphatic heterocycles. The van der Waals surface area contributed by atoms with Crippen LogP contribution in [0, 0.1) is 0 Å². The molecule has 9 heteroatoms. The molecule has 0 radical (unpaired) electrons. The Kier molecular flexibility index (Phi) is 5.80. The maximum absolute atomic E-state index is 13.1. The van der Waals surface area contributed by atoms with Gasteiger partial charge < -0.3 is 19.9 Å². The normalized spacial score (nSPS) is 13.8. The van der Waals surface area contributed by atoms with Gasteiger partial charge in [0.25, 0.3) is 5.91 Å². The zero-order chi connectivity index (χ0) is 19.4. The summed E-state index contributed by atoms with van der Waals surface area (Å²) in [5, 5.41) is 3.28. The third-order valence-electron chi connectivity index (χ3n) is 4.27. The van der Waals surface area contributed by atoms with Crippen molar-refractivity contribution in [3.63, 3.8) is 0 Å². The number of carbonyl (C=O) groups excluding carboxylic acids is 2. The smallest absolute Gasteiger partial charge is 0.407 e. The number of rotatable bonds is 4. The summed E-state index contributed by atoms with van der Waals surface area (Å²) in [4.78, 5) is 36.8. The molecule has 0 saturated heterocycles. The Morgan fingerprint density at radius 1 is 1.37 bits per heavy atom. The van der Waals surface area contributed by atoms with Crippen molar-refractivity contribution in [2.75, 3.05) is 43.3 Å². The Labute approximate surface area is 161 Å². The Bertz CT molecular complexity index is 861. The maximum atomic E-state index is 13.1. The number of alkyl carbamates (subject to hydrolysis) is 1. The van der Waals surface area contributed by atoms with Crippen LogP contribution in [0.25, 0.3) is 0 Å². The van der Waals surface area contributed by atoms with Crippen molar-refractivity contribution in [2.24, 2.45) is 0 Å². The van der Waals surface area contributed by atoms with Crippen LogP contribution in [0.2, 0.25) is 0 Å². The van der Waals surface area contributed by atoms with E-state index < -0.39 is 6.09 Å². The summed E-state index contributed by atoms with van der Waals surface area (Å²) in [5.41, 5.74) is 2.11. The fourth-order valence-electron chi connectivity index (χ4n) is 2.83. The summed E-state index contributed by atoms with van der Waals surface area (Å²) in [7, 11) is 3.24. The minimum Gasteiger partial charge on any atom is -0.453 e. The number of hydrogen-bond acceptors (Lipinski definition) is 7. The van der Waals surface area contributed by atoms with Gasteiger partial charge in [-0.2, -0.15) is 0 Å². The van der Waals surface area contributed by atoms with E-state index in [-0.39, 0.29) is 5.91 Å². The van der Waals surface area contributed by atoms with Gasteiger partial charge in [0, 0.05) is 38.6 Å². The highest BCUT2D eigenvalue weighted by atomic mass is 32.2. The molecule has 0 saturated carbocycles. The topological polar surface area (TPSA) is 87.7 Å². The van der Waals surface area contributed by atoms with Gasteiger partial charge in [0.15, 0.2) is 5.16 Å². The number of amides is 2. The first kappa shape index (κ1) is 19.0. The second-order valence-electron chi connectivity index (χ2n) is 5.99. The highest BCUT2D eigenvalue weighted by Gasteiger charge is 2.28. The van der Waals surface area contributed by atoms with Crippen LogP contribution in [-0.4, -0.2) is 55.5 Å². The fraction of sp³-hybridized carbons (Fsp3) is 0.333. The van der Waals surface area contributed by atoms with Crippen LogP contribution in [0.4, 0.5) is 16.3 Å². The zero-order valence-electron chi connectivity index (χ0n) is 15.4. The number of benzene rings is 1. The molecular weight excluding hydrogens is 366 g/mol. The van der Waals surface area contributed by atoms with Gasteiger partial charge in [-0.15, -0.1) is 0 Å². The average Bonchev–Trinajstić information content (AvgIpc) is 2.83. The summed E-state index contributed by atoms with van der Waals surface area (Å²) in [6.07, 6.45) is 3.00. The predicted molar refractivity (Wildman–Crippen MR) is 104 cm³/mol. The average molecular weight is 387 g/mol. The number of methoxy groups -OCH3 is 1. The van der Waals surface area contributed by atoms with Crippen LogP contribution in [-0.2, 0) is 11.3 Å². The van der Waals surface area contributed by atoms with Crippen LogP contribution in [0.5, 0.6) is 0 Å². The minimum absolute atomic E-state index is 0.139. The molecule has 0 spiro atoms. The summed E-state index contributed by atoms with van der Waals surface area (Å²) in [6.45, 7) is 1.49. The van der Waals surface area contributed by atoms with Gasteiger partial charge >= 0.3 is 6.09 Å². The molecule has 1 N–H and O–H groups in total. The Morgan fingerprint density at radius 3 is 2.93 bits per heavy atom. The van der Waals surface area contributed by atoms with Crippen LogP contribution in [0.1, 0.15) is 15.9 Å². The third kappa shape index (κ3) is 4.13. The molecule has 0 fully saturated rings. The van der Waals surface area contributed by atoms with Crippen molar-refractivity contribution in [1.82, 2.24) is 15.3 Å². The monoisotopic (exact) mass is 387 g/mol. The van der Waals surface area contributed by atoms with Crippen molar-refractivity contribution in [2.45, 2.75) is 11.7 Å². The number of carbonyl (C=O) groups is 2. The molecule has 3 rings (SSSR count). The number of hydrogen-bond donors (Lipinski definition) is 1. The van der Waals surface area contributed by atoms with Gasteiger partial charge in [-0.05, 0) is 24.0 Å². The Hall–Kier alpha value is -2.81. The van der Waals surface area contributed by atoms with E-state index in [0.29, 0.717) is 36.2 Å². The molecule has 1 aromatic carbocycles. The molecule has 1 aromatic heterocycles. The standard InChI is InChI=1S/C18H21N5O3S/c1-22-7-8-23(16(24)14-11-19-17(27-3)21-15(14)22)13-6-4-5-12(9-13)10-20-18(25)26-2/h4-6,9,11H,7-8,10H2,1-3H3,(H,20,25). The van der Waals surface area contributed by atoms with E-state index in [9.17, 15) is 9.59 Å². The molecule has 142 valence electrons. The molecule has 0 aliphatic carbocycles. The number of thioether (sulfide) groups is 1. The summed E-state index contributed by atoms with van der Waals surface area (Å²) in [6, 6.07) is 7.51. The molecule has 27 heavy (non-hydrogen) atoms. The molecule has 2 heterocycles. The second-order valence-corrected chi connectivity index (χ2v) is 6.76. The maximum Gasteiger partial charge on any atom is 0.407 e. The molecule has 0 atom stereocenters. The fourth-order valence-corrected chi connectivity index (χ4v) is 3.16. The van der Waals surface area contributed by atoms with Crippen LogP contribution in [0.15, 0.2) is 35.6 Å². The quantitative estimate of drug-likeness (QED) is 0.635. The van der Waals surface area contributed by atoms with E-state index >= 15 is 0 Å². The van der Waals surface area contributed by atoms with E-state index in [1.54, 1.807) is 11.1 Å². The molecule has 8 nitrogen and oxygen atoms in total. The summed E-state index contributed by atoms with van der Waals surface area (Å²) in [5.74, 6) is 0.505. The molecule has 2 aromatic rings. The summed E-state index contributed by atoms with van der Waals surface area (Å²) < 4.78 is 4.59. The molecule has 0 bridgehead atoms. The molecular formula is C18H21N5O3S. The van der Waals surface area contributed by atoms with Gasteiger partial charge in [-0.3, -0.25) is 4.79 Å². The summed E-state index contributed by atoms with van der Waals surface area (Å²) >= 11 is 1.44. The predicted octanol–water partition coefficient (Wildman–Crippen LogP) is 2.15. The number of likely N-dealkylation sites (N-methyl/N-ethyl adjacent to an activating group) is 1. The van der Waals surface area contributed by atoms with Crippen molar-refractivity contribution >= 4 is 35.3 Å².